The van der Waals surface area contributed by atoms with Gasteiger partial charge in [-0.05, 0) is 38.8 Å². The Kier molecular flexibility index (Phi) is 11.8. The van der Waals surface area contributed by atoms with Gasteiger partial charge in [-0.3, -0.25) is 38.5 Å². The summed E-state index contributed by atoms with van der Waals surface area (Å²) in [6.07, 6.45) is -10.3. The molecule has 1 saturated heterocycles. The van der Waals surface area contributed by atoms with Crippen LogP contribution in [0.25, 0.3) is 0 Å². The molecule has 5 rings (SSSR count). The van der Waals surface area contributed by atoms with Gasteiger partial charge in [0.1, 0.15) is 42.0 Å². The molecule has 3 fully saturated rings. The van der Waals surface area contributed by atoms with Gasteiger partial charge in [0.25, 0.3) is 0 Å². The van der Waals surface area contributed by atoms with Crippen LogP contribution in [0.5, 0.6) is 0 Å². The quantitative estimate of drug-likeness (QED) is 0.296. The van der Waals surface area contributed by atoms with Crippen LogP contribution in [0.1, 0.15) is 84.8 Å². The summed E-state index contributed by atoms with van der Waals surface area (Å²) in [5, 5.41) is 13.4. The van der Waals surface area contributed by atoms with Crippen LogP contribution in [-0.2, 0) is 82.6 Å². The van der Waals surface area contributed by atoms with Crippen molar-refractivity contribution in [2.24, 2.45) is 17.3 Å². The van der Waals surface area contributed by atoms with Crippen molar-refractivity contribution in [1.82, 2.24) is 4.98 Å². The Labute approximate surface area is 327 Å². The number of aryl methyl sites for hydroxylation is 1. The Morgan fingerprint density at radius 3 is 1.91 bits per heavy atom. The van der Waals surface area contributed by atoms with E-state index in [-0.39, 0.29) is 24.1 Å². The van der Waals surface area contributed by atoms with Gasteiger partial charge in [-0.1, -0.05) is 6.92 Å². The predicted octanol–water partition coefficient (Wildman–Crippen LogP) is 0.863. The summed E-state index contributed by atoms with van der Waals surface area (Å²) in [7, 11) is 0. The highest BCUT2D eigenvalue weighted by atomic mass is 16.7. The molecular weight excluding hydrogens is 758 g/mol. The summed E-state index contributed by atoms with van der Waals surface area (Å²) in [5.74, 6) is -10.5. The summed E-state index contributed by atoms with van der Waals surface area (Å²) in [4.78, 5) is 111. The molecule has 0 amide bonds. The molecule has 312 valence electrons. The number of hydrogen-bond donors (Lipinski definition) is 1. The first kappa shape index (κ1) is 43.0. The van der Waals surface area contributed by atoms with Gasteiger partial charge in [0, 0.05) is 47.7 Å². The number of pyridine rings is 1. The van der Waals surface area contributed by atoms with E-state index < -0.39 is 132 Å². The molecule has 0 radical (unpaired) electrons. The number of fused-ring (bicyclic) bond motifs is 5. The highest BCUT2D eigenvalue weighted by Crippen LogP contribution is 2.70. The lowest BCUT2D eigenvalue weighted by atomic mass is 9.45. The van der Waals surface area contributed by atoms with Crippen molar-refractivity contribution < 1.29 is 86.1 Å². The summed E-state index contributed by atoms with van der Waals surface area (Å²) >= 11 is 0. The third-order valence-electron chi connectivity index (χ3n) is 11.1. The van der Waals surface area contributed by atoms with E-state index in [1.165, 1.54) is 32.2 Å². The van der Waals surface area contributed by atoms with Gasteiger partial charge in [0.2, 0.25) is 0 Å². The molecule has 1 N–H and O–H groups in total. The number of rotatable bonds is 7. The molecule has 2 saturated carbocycles. The van der Waals surface area contributed by atoms with Gasteiger partial charge in [-0.25, -0.2) is 4.79 Å². The zero-order valence-electron chi connectivity index (χ0n) is 33.0. The van der Waals surface area contributed by atoms with Gasteiger partial charge >= 0.3 is 47.8 Å². The van der Waals surface area contributed by atoms with Crippen molar-refractivity contribution in [2.75, 3.05) is 13.2 Å². The lowest BCUT2D eigenvalue weighted by Crippen LogP contribution is -2.89. The van der Waals surface area contributed by atoms with E-state index in [4.69, 9.17) is 42.6 Å². The molecule has 0 aromatic carbocycles. The number of ether oxygens (including phenoxy) is 9. The van der Waals surface area contributed by atoms with Crippen molar-refractivity contribution in [3.63, 3.8) is 0 Å². The van der Waals surface area contributed by atoms with Crippen LogP contribution in [0.4, 0.5) is 0 Å². The van der Waals surface area contributed by atoms with E-state index in [9.17, 15) is 43.5 Å². The van der Waals surface area contributed by atoms with Gasteiger partial charge in [0.05, 0.1) is 23.1 Å². The second-order valence-corrected chi connectivity index (χ2v) is 15.3. The topological polar surface area (TPSA) is 253 Å². The average Bonchev–Trinajstić information content (AvgIpc) is 3.32. The first-order chi connectivity index (χ1) is 26.5. The lowest BCUT2D eigenvalue weighted by molar-refractivity contribution is -0.386. The van der Waals surface area contributed by atoms with E-state index in [2.05, 4.69) is 4.98 Å². The number of esters is 8. The highest BCUT2D eigenvalue weighted by molar-refractivity contribution is 5.90. The zero-order chi connectivity index (χ0) is 42.4. The fraction of sp³-hybridized carbons (Fsp3) is 0.658. The van der Waals surface area contributed by atoms with E-state index in [0.717, 1.165) is 48.5 Å². The summed E-state index contributed by atoms with van der Waals surface area (Å²) in [5.41, 5.74) is -9.87. The minimum Gasteiger partial charge on any atom is -0.465 e. The standard InChI is InChI=1S/C38H47NO18/c1-17-12-13-25-24(11-10-14-39-25)34(47)50-15-35(8)26-27(51-19(3)41)31(54-22(6)44)37(16-49-18(2)40)32(55-23(7)45)28(52-20(4)42)30(56-33(17)46)36(9,48)38(37,57-35)29(26)53-21(5)43/h10-11,14,17,26-32,48H,12-13,15-16H2,1-9H3/t17-,26-,27+,28-,29+,30-,31-,32+,35-,36+,37-,38-/m1/s1. The minimum absolute atomic E-state index is 0.0290. The Morgan fingerprint density at radius 2 is 1.35 bits per heavy atom. The molecular formula is C38H47NO18. The number of nitrogens with zero attached hydrogens (tertiary/aromatic N) is 1. The summed E-state index contributed by atoms with van der Waals surface area (Å²) < 4.78 is 54.2. The van der Waals surface area contributed by atoms with Gasteiger partial charge in [-0.2, -0.15) is 0 Å². The molecule has 1 aromatic rings. The third kappa shape index (κ3) is 7.30. The predicted molar refractivity (Wildman–Crippen MR) is 185 cm³/mol. The number of aromatic nitrogens is 1. The fourth-order valence-electron chi connectivity index (χ4n) is 9.16. The molecule has 3 heterocycles. The molecule has 1 aromatic heterocycles. The molecule has 2 aliphatic carbocycles. The van der Waals surface area contributed by atoms with Gasteiger partial charge in [-0.15, -0.1) is 0 Å². The molecule has 19 heteroatoms. The Morgan fingerprint density at radius 1 is 0.807 bits per heavy atom. The number of aliphatic hydroxyl groups is 1. The minimum atomic E-state index is -2.80. The number of hydrogen-bond acceptors (Lipinski definition) is 19. The second-order valence-electron chi connectivity index (χ2n) is 15.3. The van der Waals surface area contributed by atoms with Crippen molar-refractivity contribution in [3.05, 3.63) is 29.6 Å². The monoisotopic (exact) mass is 805 g/mol. The molecule has 0 unspecified atom stereocenters. The maximum Gasteiger partial charge on any atom is 0.340 e. The number of carbonyl (C=O) groups is 8. The average molecular weight is 806 g/mol. The first-order valence-corrected chi connectivity index (χ1v) is 18.3. The van der Waals surface area contributed by atoms with Gasteiger partial charge < -0.3 is 47.7 Å². The number of carbonyl (C=O) groups excluding carboxylic acids is 8. The summed E-state index contributed by atoms with van der Waals surface area (Å²) in [6, 6.07) is 2.95. The van der Waals surface area contributed by atoms with Crippen LogP contribution in [0.2, 0.25) is 0 Å². The Hall–Kier alpha value is -5.17. The molecule has 2 aliphatic heterocycles. The van der Waals surface area contributed by atoms with E-state index in [1.807, 2.05) is 0 Å². The smallest absolute Gasteiger partial charge is 0.340 e. The Balaban J connectivity index is 1.99. The molecule has 19 nitrogen and oxygen atoms in total. The molecule has 4 bridgehead atoms. The molecule has 4 aliphatic rings. The maximum absolute atomic E-state index is 14.1. The third-order valence-corrected chi connectivity index (χ3v) is 11.1. The molecule has 57 heavy (non-hydrogen) atoms. The van der Waals surface area contributed by atoms with Crippen LogP contribution in [-0.4, -0.2) is 124 Å². The number of cyclic esters (lactones) is 1. The zero-order valence-corrected chi connectivity index (χ0v) is 33.0. The first-order valence-electron chi connectivity index (χ1n) is 18.3. The molecule has 1 spiro atoms. The van der Waals surface area contributed by atoms with Crippen molar-refractivity contribution in [3.8, 4) is 0 Å². The van der Waals surface area contributed by atoms with Gasteiger partial charge in [0.15, 0.2) is 30.0 Å². The van der Waals surface area contributed by atoms with Crippen LogP contribution < -0.4 is 0 Å². The normalized spacial score (nSPS) is 37.1. The maximum atomic E-state index is 14.1. The van der Waals surface area contributed by atoms with Crippen LogP contribution in [0.15, 0.2) is 18.3 Å². The van der Waals surface area contributed by atoms with E-state index in [0.29, 0.717) is 0 Å². The van der Waals surface area contributed by atoms with E-state index >= 15 is 0 Å². The molecule has 12 atom stereocenters. The SMILES string of the molecule is CC(=O)OC[C@]12[C@H](OC(C)=O)[C@@H](OC(C)=O)[C@@H]3[C@H](OC(C)=O)[C@]14O[C@]3(C)COC(=O)c1cccnc1CC[C@@H](C)C(=O)O[C@H]([C@@H](OC(C)=O)[C@@H]2OC(C)=O)[C@]4(C)O. The van der Waals surface area contributed by atoms with Crippen LogP contribution >= 0.6 is 0 Å². The van der Waals surface area contributed by atoms with Crippen molar-refractivity contribution in [1.29, 1.82) is 0 Å². The fourth-order valence-corrected chi connectivity index (χ4v) is 9.16. The highest BCUT2D eigenvalue weighted by Gasteiger charge is 2.92. The van der Waals surface area contributed by atoms with Crippen LogP contribution in [0, 0.1) is 17.3 Å². The van der Waals surface area contributed by atoms with Crippen molar-refractivity contribution in [2.45, 2.75) is 129 Å². The lowest BCUT2D eigenvalue weighted by Gasteiger charge is -2.67. The van der Waals surface area contributed by atoms with Crippen molar-refractivity contribution >= 4 is 47.8 Å². The second kappa shape index (κ2) is 15.6. The Bertz CT molecular complexity index is 1840. The van der Waals surface area contributed by atoms with Crippen LogP contribution in [0.3, 0.4) is 0 Å². The van der Waals surface area contributed by atoms with E-state index in [1.54, 1.807) is 0 Å². The largest absolute Gasteiger partial charge is 0.465 e. The summed E-state index contributed by atoms with van der Waals surface area (Å²) in [6.45, 7) is 8.15.